The van der Waals surface area contributed by atoms with Gasteiger partial charge in [0.25, 0.3) is 0 Å². The molecule has 0 aliphatic rings. The van der Waals surface area contributed by atoms with Crippen molar-refractivity contribution in [2.45, 2.75) is 25.3 Å². The standard InChI is InChI=1S/C15H24N2OS/c1-17(15(18)14(16)10-12-19-2)11-6-9-13-7-4-3-5-8-13/h3-5,7-8,14H,6,9-12,16H2,1-2H3/t14-/m0/s1. The average Bonchev–Trinajstić information content (AvgIpc) is 2.44. The summed E-state index contributed by atoms with van der Waals surface area (Å²) in [6.45, 7) is 0.765. The quantitative estimate of drug-likeness (QED) is 0.794. The zero-order valence-electron chi connectivity index (χ0n) is 11.8. The first-order valence-corrected chi connectivity index (χ1v) is 8.08. The molecule has 3 nitrogen and oxygen atoms in total. The Morgan fingerprint density at radius 2 is 2.05 bits per heavy atom. The van der Waals surface area contributed by atoms with Crippen LogP contribution in [0.1, 0.15) is 18.4 Å². The Bertz CT molecular complexity index is 370. The molecule has 2 N–H and O–H groups in total. The Balaban J connectivity index is 2.26. The molecule has 0 spiro atoms. The fourth-order valence-corrected chi connectivity index (χ4v) is 2.42. The Morgan fingerprint density at radius 3 is 2.68 bits per heavy atom. The number of carbonyl (C=O) groups excluding carboxylic acids is 1. The molecule has 4 heteroatoms. The molecule has 0 unspecified atom stereocenters. The van der Waals surface area contributed by atoms with Gasteiger partial charge in [0, 0.05) is 13.6 Å². The highest BCUT2D eigenvalue weighted by molar-refractivity contribution is 7.98. The highest BCUT2D eigenvalue weighted by Crippen LogP contribution is 2.05. The molecule has 1 aromatic carbocycles. The van der Waals surface area contributed by atoms with Gasteiger partial charge in [-0.3, -0.25) is 4.79 Å². The molecule has 0 aliphatic carbocycles. The monoisotopic (exact) mass is 280 g/mol. The van der Waals surface area contributed by atoms with Gasteiger partial charge in [0.1, 0.15) is 0 Å². The van der Waals surface area contributed by atoms with E-state index in [2.05, 4.69) is 12.1 Å². The van der Waals surface area contributed by atoms with Crippen molar-refractivity contribution < 1.29 is 4.79 Å². The number of benzene rings is 1. The minimum absolute atomic E-state index is 0.0575. The van der Waals surface area contributed by atoms with Crippen LogP contribution in [0.4, 0.5) is 0 Å². The van der Waals surface area contributed by atoms with Crippen LogP contribution in [0, 0.1) is 0 Å². The number of likely N-dealkylation sites (N-methyl/N-ethyl adjacent to an activating group) is 1. The van der Waals surface area contributed by atoms with E-state index in [1.54, 1.807) is 16.7 Å². The summed E-state index contributed by atoms with van der Waals surface area (Å²) in [5, 5.41) is 0. The third-order valence-corrected chi connectivity index (χ3v) is 3.77. The third-order valence-electron chi connectivity index (χ3n) is 3.13. The molecule has 1 aromatic rings. The maximum atomic E-state index is 12.0. The van der Waals surface area contributed by atoms with Crippen LogP contribution in [0.15, 0.2) is 30.3 Å². The van der Waals surface area contributed by atoms with Crippen LogP contribution in [0.25, 0.3) is 0 Å². The van der Waals surface area contributed by atoms with Crippen molar-refractivity contribution in [2.24, 2.45) is 5.73 Å². The highest BCUT2D eigenvalue weighted by Gasteiger charge is 2.16. The molecule has 0 heterocycles. The van der Waals surface area contributed by atoms with Crippen molar-refractivity contribution in [2.75, 3.05) is 25.6 Å². The van der Waals surface area contributed by atoms with E-state index in [0.29, 0.717) is 0 Å². The second-order valence-electron chi connectivity index (χ2n) is 4.74. The molecular weight excluding hydrogens is 256 g/mol. The van der Waals surface area contributed by atoms with E-state index in [-0.39, 0.29) is 11.9 Å². The Morgan fingerprint density at radius 1 is 1.37 bits per heavy atom. The molecule has 0 bridgehead atoms. The first-order chi connectivity index (χ1) is 9.15. The summed E-state index contributed by atoms with van der Waals surface area (Å²) in [7, 11) is 1.84. The van der Waals surface area contributed by atoms with Gasteiger partial charge in [-0.2, -0.15) is 11.8 Å². The molecule has 106 valence electrons. The fourth-order valence-electron chi connectivity index (χ4n) is 1.93. The van der Waals surface area contributed by atoms with Gasteiger partial charge in [-0.25, -0.2) is 0 Å². The number of nitrogens with zero attached hydrogens (tertiary/aromatic N) is 1. The normalized spacial score (nSPS) is 12.2. The third kappa shape index (κ3) is 6.12. The van der Waals surface area contributed by atoms with Crippen LogP contribution < -0.4 is 5.73 Å². The number of carbonyl (C=O) groups is 1. The van der Waals surface area contributed by atoms with Crippen molar-refractivity contribution in [1.82, 2.24) is 4.90 Å². The molecule has 0 aliphatic heterocycles. The van der Waals surface area contributed by atoms with Gasteiger partial charge in [0.2, 0.25) is 5.91 Å². The van der Waals surface area contributed by atoms with E-state index in [1.165, 1.54) is 5.56 Å². The van der Waals surface area contributed by atoms with Gasteiger partial charge in [-0.15, -0.1) is 0 Å². The molecule has 0 saturated heterocycles. The minimum Gasteiger partial charge on any atom is -0.344 e. The average molecular weight is 280 g/mol. The van der Waals surface area contributed by atoms with Crippen molar-refractivity contribution in [3.63, 3.8) is 0 Å². The molecule has 19 heavy (non-hydrogen) atoms. The second kappa shape index (κ2) is 8.99. The van der Waals surface area contributed by atoms with Gasteiger partial charge in [0.05, 0.1) is 6.04 Å². The molecule has 1 atom stereocenters. The molecular formula is C15H24N2OS. The van der Waals surface area contributed by atoms with E-state index >= 15 is 0 Å². The minimum atomic E-state index is -0.353. The predicted molar refractivity (Wildman–Crippen MR) is 83.4 cm³/mol. The van der Waals surface area contributed by atoms with Crippen LogP contribution in [0.2, 0.25) is 0 Å². The van der Waals surface area contributed by atoms with Crippen molar-refractivity contribution in [3.05, 3.63) is 35.9 Å². The summed E-state index contributed by atoms with van der Waals surface area (Å²) in [5.41, 5.74) is 7.20. The molecule has 0 fully saturated rings. The van der Waals surface area contributed by atoms with Crippen LogP contribution in [0.5, 0.6) is 0 Å². The lowest BCUT2D eigenvalue weighted by atomic mass is 10.1. The summed E-state index contributed by atoms with van der Waals surface area (Å²) >= 11 is 1.72. The van der Waals surface area contributed by atoms with Gasteiger partial charge in [0.15, 0.2) is 0 Å². The van der Waals surface area contributed by atoms with Gasteiger partial charge in [-0.05, 0) is 36.8 Å². The fraction of sp³-hybridized carbons (Fsp3) is 0.533. The number of nitrogens with two attached hydrogens (primary N) is 1. The molecule has 1 rings (SSSR count). The lowest BCUT2D eigenvalue weighted by Crippen LogP contribution is -2.42. The van der Waals surface area contributed by atoms with E-state index < -0.39 is 0 Å². The highest BCUT2D eigenvalue weighted by atomic mass is 32.2. The Kier molecular flexibility index (Phi) is 7.60. The lowest BCUT2D eigenvalue weighted by molar-refractivity contribution is -0.131. The van der Waals surface area contributed by atoms with E-state index in [9.17, 15) is 4.79 Å². The maximum absolute atomic E-state index is 12.0. The predicted octanol–water partition coefficient (Wildman–Crippen LogP) is 2.16. The van der Waals surface area contributed by atoms with Crippen LogP contribution in [-0.2, 0) is 11.2 Å². The molecule has 1 amide bonds. The molecule has 0 saturated carbocycles. The van der Waals surface area contributed by atoms with Crippen LogP contribution >= 0.6 is 11.8 Å². The first-order valence-electron chi connectivity index (χ1n) is 6.68. The van der Waals surface area contributed by atoms with E-state index in [1.807, 2.05) is 31.5 Å². The molecule has 0 aromatic heterocycles. The largest absolute Gasteiger partial charge is 0.344 e. The van der Waals surface area contributed by atoms with Crippen LogP contribution in [0.3, 0.4) is 0 Å². The Hall–Kier alpha value is -1.00. The number of rotatable bonds is 8. The second-order valence-corrected chi connectivity index (χ2v) is 5.72. The number of aryl methyl sites for hydroxylation is 1. The topological polar surface area (TPSA) is 46.3 Å². The van der Waals surface area contributed by atoms with Crippen molar-refractivity contribution in [3.8, 4) is 0 Å². The summed E-state index contributed by atoms with van der Waals surface area (Å²) in [5.74, 6) is 0.993. The summed E-state index contributed by atoms with van der Waals surface area (Å²) < 4.78 is 0. The Labute approximate surface area is 120 Å². The van der Waals surface area contributed by atoms with Gasteiger partial charge in [-0.1, -0.05) is 30.3 Å². The summed E-state index contributed by atoms with van der Waals surface area (Å²) in [6.07, 6.45) is 4.75. The number of amides is 1. The lowest BCUT2D eigenvalue weighted by Gasteiger charge is -2.21. The summed E-state index contributed by atoms with van der Waals surface area (Å²) in [6, 6.07) is 9.99. The van der Waals surface area contributed by atoms with E-state index in [4.69, 9.17) is 5.73 Å². The van der Waals surface area contributed by atoms with Crippen molar-refractivity contribution >= 4 is 17.7 Å². The van der Waals surface area contributed by atoms with Gasteiger partial charge < -0.3 is 10.6 Å². The zero-order valence-corrected chi connectivity index (χ0v) is 12.7. The smallest absolute Gasteiger partial charge is 0.239 e. The molecule has 0 radical (unpaired) electrons. The number of hydrogen-bond acceptors (Lipinski definition) is 3. The SMILES string of the molecule is CSCC[C@H](N)C(=O)N(C)CCCc1ccccc1. The van der Waals surface area contributed by atoms with E-state index in [0.717, 1.165) is 31.6 Å². The van der Waals surface area contributed by atoms with Crippen molar-refractivity contribution in [1.29, 1.82) is 0 Å². The number of hydrogen-bond donors (Lipinski definition) is 1. The first kappa shape index (κ1) is 16.1. The van der Waals surface area contributed by atoms with Crippen LogP contribution in [-0.4, -0.2) is 42.4 Å². The van der Waals surface area contributed by atoms with Gasteiger partial charge >= 0.3 is 0 Å². The maximum Gasteiger partial charge on any atom is 0.239 e. The zero-order chi connectivity index (χ0) is 14.1. The number of thioether (sulfide) groups is 1. The summed E-state index contributed by atoms with van der Waals surface area (Å²) in [4.78, 5) is 13.7.